The van der Waals surface area contributed by atoms with Crippen LogP contribution in [-0.4, -0.2) is 25.9 Å². The van der Waals surface area contributed by atoms with E-state index in [0.717, 1.165) is 19.3 Å². The van der Waals surface area contributed by atoms with Crippen molar-refractivity contribution in [1.29, 1.82) is 0 Å². The predicted molar refractivity (Wildman–Crippen MR) is 101 cm³/mol. The summed E-state index contributed by atoms with van der Waals surface area (Å²) in [7, 11) is 0. The smallest absolute Gasteiger partial charge is 0.204 e. The molecule has 1 aliphatic heterocycles. The Morgan fingerprint density at radius 1 is 0.926 bits per heavy atom. The van der Waals surface area contributed by atoms with Crippen LogP contribution >= 0.6 is 0 Å². The first kappa shape index (κ1) is 19.6. The van der Waals surface area contributed by atoms with Crippen molar-refractivity contribution in [1.82, 2.24) is 0 Å². The molecule has 0 bridgehead atoms. The molecule has 2 aromatic rings. The topological polar surface area (TPSA) is 27.7 Å². The molecule has 3 rings (SSSR count). The third-order valence-electron chi connectivity index (χ3n) is 4.97. The molecule has 27 heavy (non-hydrogen) atoms. The Morgan fingerprint density at radius 3 is 2.15 bits per heavy atom. The fraction of sp³-hybridized carbons (Fsp3) is 0.455. The van der Waals surface area contributed by atoms with Gasteiger partial charge in [0, 0.05) is 5.92 Å². The Hall–Kier alpha value is -2.14. The molecular weight excluding hydrogens is 350 g/mol. The second-order valence-electron chi connectivity index (χ2n) is 6.76. The standard InChI is InChI=1S/C22H26F2O3/c1-3-15-5-7-16(8-6-15)17-9-10-18(26-13-17)14-27-20-12-11-19(25-4-2)21(23)22(20)24/h5-8,11-12,17-18H,3-4,9-10,13-14H2,1-2H3. The van der Waals surface area contributed by atoms with Crippen molar-refractivity contribution in [2.45, 2.75) is 45.1 Å². The van der Waals surface area contributed by atoms with E-state index in [1.54, 1.807) is 6.92 Å². The van der Waals surface area contributed by atoms with E-state index in [1.165, 1.54) is 23.3 Å². The van der Waals surface area contributed by atoms with Gasteiger partial charge in [-0.1, -0.05) is 31.2 Å². The quantitative estimate of drug-likeness (QED) is 0.659. The van der Waals surface area contributed by atoms with E-state index >= 15 is 0 Å². The van der Waals surface area contributed by atoms with Gasteiger partial charge in [0.1, 0.15) is 6.61 Å². The van der Waals surface area contributed by atoms with Crippen molar-refractivity contribution in [3.8, 4) is 11.5 Å². The summed E-state index contributed by atoms with van der Waals surface area (Å²) in [6, 6.07) is 11.4. The number of benzene rings is 2. The van der Waals surface area contributed by atoms with Gasteiger partial charge >= 0.3 is 0 Å². The Morgan fingerprint density at radius 2 is 1.59 bits per heavy atom. The van der Waals surface area contributed by atoms with Crippen molar-refractivity contribution in [3.63, 3.8) is 0 Å². The molecule has 2 aromatic carbocycles. The summed E-state index contributed by atoms with van der Waals surface area (Å²) in [6.07, 6.45) is 2.72. The lowest BCUT2D eigenvalue weighted by molar-refractivity contribution is -0.0219. The zero-order valence-corrected chi connectivity index (χ0v) is 15.8. The molecule has 0 aliphatic carbocycles. The lowest BCUT2D eigenvalue weighted by Gasteiger charge is -2.29. The van der Waals surface area contributed by atoms with E-state index in [2.05, 4.69) is 31.2 Å². The molecule has 2 atom stereocenters. The first-order valence-corrected chi connectivity index (χ1v) is 9.56. The highest BCUT2D eigenvalue weighted by atomic mass is 19.2. The van der Waals surface area contributed by atoms with Crippen LogP contribution in [0.15, 0.2) is 36.4 Å². The van der Waals surface area contributed by atoms with Crippen molar-refractivity contribution in [2.24, 2.45) is 0 Å². The number of hydrogen-bond acceptors (Lipinski definition) is 3. The predicted octanol–water partition coefficient (Wildman–Crippen LogP) is 5.27. The van der Waals surface area contributed by atoms with Gasteiger partial charge in [-0.15, -0.1) is 0 Å². The van der Waals surface area contributed by atoms with E-state index in [1.807, 2.05) is 0 Å². The second kappa shape index (κ2) is 9.18. The van der Waals surface area contributed by atoms with Crippen molar-refractivity contribution >= 4 is 0 Å². The summed E-state index contributed by atoms with van der Waals surface area (Å²) in [5, 5.41) is 0. The van der Waals surface area contributed by atoms with Crippen LogP contribution in [0.1, 0.15) is 43.7 Å². The average molecular weight is 376 g/mol. The summed E-state index contributed by atoms with van der Waals surface area (Å²) in [5.41, 5.74) is 2.61. The molecule has 1 aliphatic rings. The van der Waals surface area contributed by atoms with Crippen LogP contribution < -0.4 is 9.47 Å². The van der Waals surface area contributed by atoms with Crippen LogP contribution in [0.2, 0.25) is 0 Å². The molecule has 0 amide bonds. The molecule has 0 radical (unpaired) electrons. The Bertz CT molecular complexity index is 738. The van der Waals surface area contributed by atoms with Crippen molar-refractivity contribution < 1.29 is 23.0 Å². The summed E-state index contributed by atoms with van der Waals surface area (Å²) in [5.74, 6) is -1.89. The van der Waals surface area contributed by atoms with E-state index in [0.29, 0.717) is 12.5 Å². The monoisotopic (exact) mass is 376 g/mol. The fourth-order valence-electron chi connectivity index (χ4n) is 3.30. The fourth-order valence-corrected chi connectivity index (χ4v) is 3.30. The SMILES string of the molecule is CCOc1ccc(OCC2CCC(c3ccc(CC)cc3)CO2)c(F)c1F. The number of rotatable bonds is 7. The van der Waals surface area contributed by atoms with Gasteiger partial charge in [0.2, 0.25) is 11.6 Å². The first-order chi connectivity index (χ1) is 13.1. The number of ether oxygens (including phenoxy) is 3. The van der Waals surface area contributed by atoms with Crippen LogP contribution in [0.5, 0.6) is 11.5 Å². The molecule has 0 spiro atoms. The second-order valence-corrected chi connectivity index (χ2v) is 6.76. The normalized spacial score (nSPS) is 19.7. The summed E-state index contributed by atoms with van der Waals surface area (Å²) >= 11 is 0. The minimum atomic E-state index is -1.02. The van der Waals surface area contributed by atoms with Gasteiger partial charge in [-0.05, 0) is 49.4 Å². The van der Waals surface area contributed by atoms with Gasteiger partial charge in [0.25, 0.3) is 0 Å². The van der Waals surface area contributed by atoms with Crippen molar-refractivity contribution in [2.75, 3.05) is 19.8 Å². The maximum Gasteiger partial charge on any atom is 0.204 e. The lowest BCUT2D eigenvalue weighted by atomic mass is 9.91. The largest absolute Gasteiger partial charge is 0.491 e. The zero-order valence-electron chi connectivity index (χ0n) is 15.8. The van der Waals surface area contributed by atoms with Crippen LogP contribution in [-0.2, 0) is 11.2 Å². The minimum Gasteiger partial charge on any atom is -0.491 e. The molecule has 5 heteroatoms. The highest BCUT2D eigenvalue weighted by molar-refractivity contribution is 5.35. The van der Waals surface area contributed by atoms with Crippen LogP contribution in [0.3, 0.4) is 0 Å². The van der Waals surface area contributed by atoms with E-state index in [9.17, 15) is 8.78 Å². The van der Waals surface area contributed by atoms with Gasteiger partial charge in [0.05, 0.1) is 19.3 Å². The van der Waals surface area contributed by atoms with Crippen LogP contribution in [0.4, 0.5) is 8.78 Å². The maximum atomic E-state index is 14.1. The molecule has 1 saturated heterocycles. The van der Waals surface area contributed by atoms with E-state index < -0.39 is 11.6 Å². The van der Waals surface area contributed by atoms with Crippen LogP contribution in [0, 0.1) is 11.6 Å². The molecule has 1 heterocycles. The Balaban J connectivity index is 1.51. The Labute approximate surface area is 159 Å². The summed E-state index contributed by atoms with van der Waals surface area (Å²) in [6.45, 7) is 4.94. The third kappa shape index (κ3) is 4.78. The molecule has 0 saturated carbocycles. The maximum absolute atomic E-state index is 14.1. The highest BCUT2D eigenvalue weighted by Gasteiger charge is 2.24. The van der Waals surface area contributed by atoms with E-state index in [-0.39, 0.29) is 30.8 Å². The van der Waals surface area contributed by atoms with Gasteiger partial charge in [0.15, 0.2) is 11.5 Å². The molecule has 1 fully saturated rings. The molecular formula is C22H26F2O3. The summed E-state index contributed by atoms with van der Waals surface area (Å²) in [4.78, 5) is 0. The molecule has 146 valence electrons. The molecule has 0 aromatic heterocycles. The van der Waals surface area contributed by atoms with Crippen molar-refractivity contribution in [3.05, 3.63) is 59.2 Å². The zero-order chi connectivity index (χ0) is 19.2. The third-order valence-corrected chi connectivity index (χ3v) is 4.97. The molecule has 0 N–H and O–H groups in total. The van der Waals surface area contributed by atoms with E-state index in [4.69, 9.17) is 14.2 Å². The molecule has 2 unspecified atom stereocenters. The van der Waals surface area contributed by atoms with Crippen LogP contribution in [0.25, 0.3) is 0 Å². The number of hydrogen-bond donors (Lipinski definition) is 0. The van der Waals surface area contributed by atoms with Gasteiger partial charge in [-0.25, -0.2) is 0 Å². The minimum absolute atomic E-state index is 0.104. The Kier molecular flexibility index (Phi) is 6.67. The average Bonchev–Trinajstić information content (AvgIpc) is 2.71. The number of halogens is 2. The van der Waals surface area contributed by atoms with Gasteiger partial charge < -0.3 is 14.2 Å². The first-order valence-electron chi connectivity index (χ1n) is 9.56. The summed E-state index contributed by atoms with van der Waals surface area (Å²) < 4.78 is 44.4. The lowest BCUT2D eigenvalue weighted by Crippen LogP contribution is -2.29. The number of aryl methyl sites for hydroxylation is 1. The van der Waals surface area contributed by atoms with Gasteiger partial charge in [-0.3, -0.25) is 0 Å². The van der Waals surface area contributed by atoms with Gasteiger partial charge in [-0.2, -0.15) is 8.78 Å². The highest BCUT2D eigenvalue weighted by Crippen LogP contribution is 2.30. The molecule has 3 nitrogen and oxygen atoms in total.